The molecule has 0 bridgehead atoms. The summed E-state index contributed by atoms with van der Waals surface area (Å²) in [5.41, 5.74) is 0.864. The zero-order chi connectivity index (χ0) is 23.8. The number of rotatable bonds is 11. The van der Waals surface area contributed by atoms with Gasteiger partial charge < -0.3 is 9.47 Å². The summed E-state index contributed by atoms with van der Waals surface area (Å²) >= 11 is 9.28. The van der Waals surface area contributed by atoms with Crippen molar-refractivity contribution in [3.8, 4) is 5.75 Å². The van der Waals surface area contributed by atoms with Crippen molar-refractivity contribution < 1.29 is 14.3 Å². The maximum Gasteiger partial charge on any atom is 0.228 e. The molecule has 0 unspecified atom stereocenters. The first kappa shape index (κ1) is 25.3. The SMILES string of the molecule is COc1ccc2sc(N(CCCN3CCOCC3)C(=O)CCCSc3ccc(Cl)cc3)nc2c1. The Balaban J connectivity index is 1.38. The minimum atomic E-state index is 0.129. The summed E-state index contributed by atoms with van der Waals surface area (Å²) in [6.45, 7) is 5.10. The van der Waals surface area contributed by atoms with Gasteiger partial charge in [-0.05, 0) is 55.0 Å². The van der Waals surface area contributed by atoms with Gasteiger partial charge in [0.1, 0.15) is 5.75 Å². The number of anilines is 1. The number of morpholine rings is 1. The van der Waals surface area contributed by atoms with Gasteiger partial charge in [-0.1, -0.05) is 22.9 Å². The van der Waals surface area contributed by atoms with E-state index in [0.717, 1.165) is 77.6 Å². The number of benzene rings is 2. The molecule has 182 valence electrons. The van der Waals surface area contributed by atoms with Crippen LogP contribution in [0.25, 0.3) is 10.2 Å². The van der Waals surface area contributed by atoms with Crippen LogP contribution < -0.4 is 9.64 Å². The number of ether oxygens (including phenoxy) is 2. The summed E-state index contributed by atoms with van der Waals surface area (Å²) in [6.07, 6.45) is 2.21. The fraction of sp³-hybridized carbons (Fsp3) is 0.440. The van der Waals surface area contributed by atoms with Crippen molar-refractivity contribution in [1.29, 1.82) is 0 Å². The molecule has 6 nitrogen and oxygen atoms in total. The highest BCUT2D eigenvalue weighted by atomic mass is 35.5. The van der Waals surface area contributed by atoms with Gasteiger partial charge >= 0.3 is 0 Å². The van der Waals surface area contributed by atoms with Gasteiger partial charge in [-0.15, -0.1) is 11.8 Å². The second-order valence-corrected chi connectivity index (χ2v) is 10.7. The van der Waals surface area contributed by atoms with Gasteiger partial charge in [0.25, 0.3) is 0 Å². The molecule has 4 rings (SSSR count). The Morgan fingerprint density at radius 3 is 2.76 bits per heavy atom. The van der Waals surface area contributed by atoms with Gasteiger partial charge in [-0.3, -0.25) is 14.6 Å². The third-order valence-corrected chi connectivity index (χ3v) is 8.10. The zero-order valence-corrected chi connectivity index (χ0v) is 21.8. The molecule has 0 saturated carbocycles. The first-order valence-electron chi connectivity index (χ1n) is 11.6. The molecule has 1 saturated heterocycles. The Morgan fingerprint density at radius 2 is 2.00 bits per heavy atom. The normalized spacial score (nSPS) is 14.4. The first-order chi connectivity index (χ1) is 16.6. The second kappa shape index (κ2) is 12.7. The van der Waals surface area contributed by atoms with Crippen LogP contribution in [-0.4, -0.2) is 68.0 Å². The standard InChI is InChI=1S/C25H30ClN3O3S2/c1-31-20-7-10-23-22(18-20)27-25(34-23)29(12-3-11-28-13-15-32-16-14-28)24(30)4-2-17-33-21-8-5-19(26)6-9-21/h5-10,18H,2-4,11-17H2,1H3. The van der Waals surface area contributed by atoms with Crippen LogP contribution in [0.5, 0.6) is 5.75 Å². The number of carbonyl (C=O) groups is 1. The topological polar surface area (TPSA) is 54.9 Å². The van der Waals surface area contributed by atoms with Gasteiger partial charge in [0, 0.05) is 48.6 Å². The van der Waals surface area contributed by atoms with Crippen LogP contribution in [-0.2, 0) is 9.53 Å². The number of thioether (sulfide) groups is 1. The molecule has 0 N–H and O–H groups in total. The minimum absolute atomic E-state index is 0.129. The predicted molar refractivity (Wildman–Crippen MR) is 142 cm³/mol. The van der Waals surface area contributed by atoms with Crippen LogP contribution in [0.1, 0.15) is 19.3 Å². The van der Waals surface area contributed by atoms with Gasteiger partial charge in [-0.2, -0.15) is 0 Å². The molecule has 1 amide bonds. The number of fused-ring (bicyclic) bond motifs is 1. The number of methoxy groups -OCH3 is 1. The quantitative estimate of drug-likeness (QED) is 0.243. The highest BCUT2D eigenvalue weighted by Crippen LogP contribution is 2.32. The predicted octanol–water partition coefficient (Wildman–Crippen LogP) is 5.59. The number of hydrogen-bond donors (Lipinski definition) is 0. The van der Waals surface area contributed by atoms with E-state index in [4.69, 9.17) is 26.1 Å². The molecule has 3 aromatic rings. The minimum Gasteiger partial charge on any atom is -0.497 e. The van der Waals surface area contributed by atoms with E-state index in [-0.39, 0.29) is 5.91 Å². The average molecular weight is 520 g/mol. The van der Waals surface area contributed by atoms with Crippen LogP contribution in [0.15, 0.2) is 47.4 Å². The van der Waals surface area contributed by atoms with Crippen molar-refractivity contribution in [2.24, 2.45) is 0 Å². The lowest BCUT2D eigenvalue weighted by molar-refractivity contribution is -0.118. The Hall–Kier alpha value is -1.84. The molecular formula is C25H30ClN3O3S2. The van der Waals surface area contributed by atoms with Crippen LogP contribution in [0.4, 0.5) is 5.13 Å². The van der Waals surface area contributed by atoms with Crippen molar-refractivity contribution in [3.05, 3.63) is 47.5 Å². The highest BCUT2D eigenvalue weighted by Gasteiger charge is 2.20. The van der Waals surface area contributed by atoms with Crippen molar-refractivity contribution in [2.75, 3.05) is 57.2 Å². The van der Waals surface area contributed by atoms with E-state index in [1.165, 1.54) is 4.90 Å². The summed E-state index contributed by atoms with van der Waals surface area (Å²) in [4.78, 5) is 23.5. The molecule has 1 aliphatic heterocycles. The van der Waals surface area contributed by atoms with E-state index in [1.54, 1.807) is 30.2 Å². The molecular weight excluding hydrogens is 490 g/mol. The smallest absolute Gasteiger partial charge is 0.228 e. The number of nitrogens with zero attached hydrogens (tertiary/aromatic N) is 3. The average Bonchev–Trinajstić information content (AvgIpc) is 3.29. The van der Waals surface area contributed by atoms with Gasteiger partial charge in [0.05, 0.1) is 30.5 Å². The van der Waals surface area contributed by atoms with Crippen molar-refractivity contribution in [1.82, 2.24) is 9.88 Å². The lowest BCUT2D eigenvalue weighted by Crippen LogP contribution is -2.39. The third kappa shape index (κ3) is 7.09. The zero-order valence-electron chi connectivity index (χ0n) is 19.4. The summed E-state index contributed by atoms with van der Waals surface area (Å²) in [5.74, 6) is 1.78. The van der Waals surface area contributed by atoms with E-state index < -0.39 is 0 Å². The molecule has 1 aliphatic rings. The van der Waals surface area contributed by atoms with Crippen molar-refractivity contribution >= 4 is 56.0 Å². The summed E-state index contributed by atoms with van der Waals surface area (Å²) < 4.78 is 11.8. The Bertz CT molecular complexity index is 1070. The van der Waals surface area contributed by atoms with Crippen LogP contribution in [0.2, 0.25) is 5.02 Å². The van der Waals surface area contributed by atoms with Crippen molar-refractivity contribution in [3.63, 3.8) is 0 Å². The van der Waals surface area contributed by atoms with Gasteiger partial charge in [0.15, 0.2) is 5.13 Å². The van der Waals surface area contributed by atoms with Crippen molar-refractivity contribution in [2.45, 2.75) is 24.2 Å². The number of amides is 1. The molecule has 0 atom stereocenters. The fourth-order valence-electron chi connectivity index (χ4n) is 3.82. The molecule has 1 aromatic heterocycles. The molecule has 2 heterocycles. The molecule has 0 radical (unpaired) electrons. The third-order valence-electron chi connectivity index (χ3n) is 5.69. The largest absolute Gasteiger partial charge is 0.497 e. The van der Waals surface area contributed by atoms with Crippen LogP contribution in [0, 0.1) is 0 Å². The molecule has 34 heavy (non-hydrogen) atoms. The van der Waals surface area contributed by atoms with E-state index in [2.05, 4.69) is 4.90 Å². The Labute approximate surface area is 214 Å². The van der Waals surface area contributed by atoms with Crippen LogP contribution >= 0.6 is 34.7 Å². The number of carbonyl (C=O) groups excluding carboxylic acids is 1. The van der Waals surface area contributed by atoms with Gasteiger partial charge in [-0.25, -0.2) is 4.98 Å². The number of halogens is 1. The van der Waals surface area contributed by atoms with Crippen LogP contribution in [0.3, 0.4) is 0 Å². The van der Waals surface area contributed by atoms with E-state index in [9.17, 15) is 4.79 Å². The second-order valence-electron chi connectivity index (χ2n) is 8.09. The lowest BCUT2D eigenvalue weighted by Gasteiger charge is -2.27. The van der Waals surface area contributed by atoms with E-state index in [0.29, 0.717) is 13.0 Å². The monoisotopic (exact) mass is 519 g/mol. The Morgan fingerprint density at radius 1 is 1.21 bits per heavy atom. The van der Waals surface area contributed by atoms with E-state index >= 15 is 0 Å². The molecule has 9 heteroatoms. The lowest BCUT2D eigenvalue weighted by atomic mass is 10.2. The molecule has 0 aliphatic carbocycles. The Kier molecular flexibility index (Phi) is 9.47. The maximum atomic E-state index is 13.3. The number of hydrogen-bond acceptors (Lipinski definition) is 7. The maximum absolute atomic E-state index is 13.3. The number of aromatic nitrogens is 1. The van der Waals surface area contributed by atoms with E-state index in [1.807, 2.05) is 47.4 Å². The molecule has 0 spiro atoms. The fourth-order valence-corrected chi connectivity index (χ4v) is 5.79. The summed E-state index contributed by atoms with van der Waals surface area (Å²) in [5, 5.41) is 1.50. The number of thiazole rings is 1. The molecule has 2 aromatic carbocycles. The molecule has 1 fully saturated rings. The summed E-state index contributed by atoms with van der Waals surface area (Å²) in [7, 11) is 1.65. The summed E-state index contributed by atoms with van der Waals surface area (Å²) in [6, 6.07) is 13.7. The highest BCUT2D eigenvalue weighted by molar-refractivity contribution is 7.99. The first-order valence-corrected chi connectivity index (χ1v) is 13.7. The van der Waals surface area contributed by atoms with Gasteiger partial charge in [0.2, 0.25) is 5.91 Å².